The Morgan fingerprint density at radius 2 is 2.09 bits per heavy atom. The summed E-state index contributed by atoms with van der Waals surface area (Å²) in [4.78, 5) is 20.3. The smallest absolute Gasteiger partial charge is 0.320 e. The van der Waals surface area contributed by atoms with E-state index >= 15 is 0 Å². The van der Waals surface area contributed by atoms with Gasteiger partial charge < -0.3 is 24.7 Å². The second-order valence-electron chi connectivity index (χ2n) is 9.56. The number of primary amides is 1. The van der Waals surface area contributed by atoms with Gasteiger partial charge in [-0.25, -0.2) is 9.78 Å². The number of urea groups is 1. The number of hydrogen-bond donors (Lipinski definition) is 1. The first-order valence-electron chi connectivity index (χ1n) is 11.4. The lowest BCUT2D eigenvalue weighted by Crippen LogP contribution is -2.56. The van der Waals surface area contributed by atoms with Crippen molar-refractivity contribution in [3.8, 4) is 5.75 Å². The molecule has 0 bridgehead atoms. The Bertz CT molecular complexity index is 1240. The van der Waals surface area contributed by atoms with Gasteiger partial charge in [0.2, 0.25) is 0 Å². The van der Waals surface area contributed by atoms with Crippen LogP contribution in [-0.4, -0.2) is 64.2 Å². The van der Waals surface area contributed by atoms with Gasteiger partial charge in [-0.1, -0.05) is 12.1 Å². The molecule has 3 aliphatic heterocycles. The number of benzene rings is 1. The van der Waals surface area contributed by atoms with Gasteiger partial charge in [-0.3, -0.25) is 4.90 Å². The van der Waals surface area contributed by atoms with Gasteiger partial charge in [0.25, 0.3) is 0 Å². The fraction of sp³-hybridized carbons (Fsp3) is 0.417. The van der Waals surface area contributed by atoms with Crippen molar-refractivity contribution in [1.29, 1.82) is 0 Å². The van der Waals surface area contributed by atoms with E-state index in [-0.39, 0.29) is 5.41 Å². The Labute approximate surface area is 197 Å². The van der Waals surface area contributed by atoms with Crippen LogP contribution in [0.25, 0.3) is 0 Å². The minimum Gasteiger partial charge on any atom is -0.480 e. The molecule has 3 aliphatic rings. The second kappa shape index (κ2) is 7.69. The van der Waals surface area contributed by atoms with Crippen molar-refractivity contribution in [2.45, 2.75) is 23.9 Å². The van der Waals surface area contributed by atoms with Crippen molar-refractivity contribution in [1.82, 2.24) is 19.7 Å². The van der Waals surface area contributed by atoms with E-state index in [2.05, 4.69) is 44.3 Å². The molecular weight excluding hydrogens is 434 g/mol. The predicted molar refractivity (Wildman–Crippen MR) is 125 cm³/mol. The normalized spacial score (nSPS) is 22.9. The molecule has 176 valence electrons. The fourth-order valence-corrected chi connectivity index (χ4v) is 5.27. The Balaban J connectivity index is 1.26. The van der Waals surface area contributed by atoms with Gasteiger partial charge in [-0.15, -0.1) is 10.2 Å². The number of fused-ring (bicyclic) bond motifs is 1. The van der Waals surface area contributed by atoms with Crippen molar-refractivity contribution in [3.05, 3.63) is 60.3 Å². The van der Waals surface area contributed by atoms with Gasteiger partial charge in [-0.2, -0.15) is 0 Å². The number of rotatable bonds is 4. The van der Waals surface area contributed by atoms with Crippen LogP contribution in [0.1, 0.15) is 17.8 Å². The SMILES string of the molecule is Cn1cnnc1CC1(c2cccc(N3CCC4(C3)CN(C(N)=O)c3ncccc3O4)c2)COC1. The number of hydrogen-bond acceptors (Lipinski definition) is 7. The van der Waals surface area contributed by atoms with Gasteiger partial charge >= 0.3 is 6.03 Å². The number of amides is 2. The molecule has 6 rings (SSSR count). The number of carbonyl (C=O) groups excluding carboxylic acids is 1. The highest BCUT2D eigenvalue weighted by Gasteiger charge is 2.47. The van der Waals surface area contributed by atoms with Crippen molar-refractivity contribution in [2.24, 2.45) is 12.8 Å². The van der Waals surface area contributed by atoms with E-state index < -0.39 is 11.6 Å². The van der Waals surface area contributed by atoms with E-state index in [4.69, 9.17) is 15.2 Å². The van der Waals surface area contributed by atoms with E-state index in [0.717, 1.165) is 30.9 Å². The van der Waals surface area contributed by atoms with Crippen molar-refractivity contribution < 1.29 is 14.3 Å². The van der Waals surface area contributed by atoms with Crippen molar-refractivity contribution >= 4 is 17.5 Å². The van der Waals surface area contributed by atoms with Crippen LogP contribution in [-0.2, 0) is 23.6 Å². The zero-order valence-electron chi connectivity index (χ0n) is 19.1. The van der Waals surface area contributed by atoms with Crippen LogP contribution in [0, 0.1) is 0 Å². The lowest BCUT2D eigenvalue weighted by atomic mass is 9.75. The standard InChI is InChI=1S/C24H27N7O3/c1-29-16-27-28-20(29)11-23(14-33-15-23)17-4-2-5-18(10-17)30-9-7-24(12-30)13-31(22(25)32)21-19(34-24)6-3-8-26-21/h2-6,8,10,16H,7,9,11-15H2,1H3,(H2,25,32). The van der Waals surface area contributed by atoms with Gasteiger partial charge in [-0.05, 0) is 29.8 Å². The zero-order valence-corrected chi connectivity index (χ0v) is 19.1. The van der Waals surface area contributed by atoms with Crippen molar-refractivity contribution in [3.63, 3.8) is 0 Å². The summed E-state index contributed by atoms with van der Waals surface area (Å²) in [5.41, 5.74) is 7.41. The molecule has 0 aliphatic carbocycles. The maximum absolute atomic E-state index is 12.2. The molecule has 5 heterocycles. The topological polar surface area (TPSA) is 112 Å². The molecule has 2 saturated heterocycles. The molecular formula is C24H27N7O3. The lowest BCUT2D eigenvalue weighted by Gasteiger charge is -2.42. The minimum absolute atomic E-state index is 0.108. The molecule has 10 heteroatoms. The zero-order chi connectivity index (χ0) is 23.3. The van der Waals surface area contributed by atoms with E-state index in [1.54, 1.807) is 12.5 Å². The third kappa shape index (κ3) is 3.37. The van der Waals surface area contributed by atoms with E-state index in [1.165, 1.54) is 10.5 Å². The fourth-order valence-electron chi connectivity index (χ4n) is 5.27. The third-order valence-electron chi connectivity index (χ3n) is 7.24. The van der Waals surface area contributed by atoms with E-state index in [0.29, 0.717) is 37.9 Å². The first-order valence-corrected chi connectivity index (χ1v) is 11.4. The summed E-state index contributed by atoms with van der Waals surface area (Å²) in [7, 11) is 1.97. The van der Waals surface area contributed by atoms with Gasteiger partial charge in [0.15, 0.2) is 11.6 Å². The Morgan fingerprint density at radius 1 is 1.21 bits per heavy atom. The molecule has 2 N–H and O–H groups in total. The molecule has 0 saturated carbocycles. The van der Waals surface area contributed by atoms with Crippen LogP contribution in [0.5, 0.6) is 5.75 Å². The summed E-state index contributed by atoms with van der Waals surface area (Å²) in [5, 5.41) is 8.32. The number of aromatic nitrogens is 4. The first kappa shape index (κ1) is 20.9. The van der Waals surface area contributed by atoms with Crippen LogP contribution in [0.4, 0.5) is 16.3 Å². The Kier molecular flexibility index (Phi) is 4.73. The largest absolute Gasteiger partial charge is 0.480 e. The number of pyridine rings is 1. The van der Waals surface area contributed by atoms with Gasteiger partial charge in [0.1, 0.15) is 17.8 Å². The summed E-state index contributed by atoms with van der Waals surface area (Å²) in [6.07, 6.45) is 4.93. The van der Waals surface area contributed by atoms with Gasteiger partial charge in [0, 0.05) is 43.7 Å². The quantitative estimate of drug-likeness (QED) is 0.629. The number of nitrogens with zero attached hydrogens (tertiary/aromatic N) is 6. The highest BCUT2D eigenvalue weighted by Crippen LogP contribution is 2.42. The second-order valence-corrected chi connectivity index (χ2v) is 9.56. The Morgan fingerprint density at radius 3 is 2.82 bits per heavy atom. The number of anilines is 2. The van der Waals surface area contributed by atoms with Gasteiger partial charge in [0.05, 0.1) is 26.3 Å². The molecule has 1 atom stereocenters. The summed E-state index contributed by atoms with van der Waals surface area (Å²) in [6.45, 7) is 3.17. The lowest BCUT2D eigenvalue weighted by molar-refractivity contribution is -0.0611. The molecule has 10 nitrogen and oxygen atoms in total. The maximum Gasteiger partial charge on any atom is 0.320 e. The summed E-state index contributed by atoms with van der Waals surface area (Å²) >= 11 is 0. The number of nitrogens with two attached hydrogens (primary N) is 1. The average Bonchev–Trinajstić information content (AvgIpc) is 3.41. The minimum atomic E-state index is -0.531. The van der Waals surface area contributed by atoms with Crippen LogP contribution >= 0.6 is 0 Å². The van der Waals surface area contributed by atoms with E-state index in [1.807, 2.05) is 23.7 Å². The van der Waals surface area contributed by atoms with Crippen molar-refractivity contribution in [2.75, 3.05) is 42.6 Å². The first-order chi connectivity index (χ1) is 16.5. The number of aryl methyl sites for hydroxylation is 1. The molecule has 1 aromatic carbocycles. The molecule has 2 fully saturated rings. The molecule has 1 unspecified atom stereocenters. The molecule has 0 radical (unpaired) electrons. The predicted octanol–water partition coefficient (Wildman–Crippen LogP) is 1.65. The summed E-state index contributed by atoms with van der Waals surface area (Å²) in [6, 6.07) is 11.8. The number of ether oxygens (including phenoxy) is 2. The van der Waals surface area contributed by atoms with Crippen LogP contribution in [0.15, 0.2) is 48.9 Å². The summed E-state index contributed by atoms with van der Waals surface area (Å²) < 4.78 is 14.1. The number of carbonyl (C=O) groups is 1. The molecule has 1 spiro atoms. The highest BCUT2D eigenvalue weighted by atomic mass is 16.5. The molecule has 2 amide bonds. The Hall–Kier alpha value is -3.66. The molecule has 2 aromatic heterocycles. The maximum atomic E-state index is 12.2. The third-order valence-corrected chi connectivity index (χ3v) is 7.24. The van der Waals surface area contributed by atoms with Crippen LogP contribution in [0.3, 0.4) is 0 Å². The van der Waals surface area contributed by atoms with E-state index in [9.17, 15) is 4.79 Å². The summed E-state index contributed by atoms with van der Waals surface area (Å²) in [5.74, 6) is 2.03. The average molecular weight is 462 g/mol. The van der Waals surface area contributed by atoms with Crippen LogP contribution < -0.4 is 20.3 Å². The monoisotopic (exact) mass is 461 g/mol. The highest BCUT2D eigenvalue weighted by molar-refractivity contribution is 5.91. The molecule has 34 heavy (non-hydrogen) atoms. The molecule has 3 aromatic rings. The van der Waals surface area contributed by atoms with Crippen LogP contribution in [0.2, 0.25) is 0 Å².